The first-order valence-corrected chi connectivity index (χ1v) is 11.4. The van der Waals surface area contributed by atoms with Gasteiger partial charge in [0.15, 0.2) is 4.34 Å². The van der Waals surface area contributed by atoms with Crippen molar-refractivity contribution in [3.8, 4) is 11.1 Å². The van der Waals surface area contributed by atoms with E-state index in [4.69, 9.17) is 0 Å². The number of hydrogen-bond donors (Lipinski definition) is 1. The van der Waals surface area contributed by atoms with Gasteiger partial charge in [0.2, 0.25) is 0 Å². The Labute approximate surface area is 192 Å². The zero-order chi connectivity index (χ0) is 23.5. The van der Waals surface area contributed by atoms with Crippen molar-refractivity contribution in [2.75, 3.05) is 18.5 Å². The number of alkyl halides is 3. The number of thiazole rings is 1. The molecule has 1 N–H and O–H groups in total. The maximum Gasteiger partial charge on any atom is 0.416 e. The molecule has 0 atom stereocenters. The molecule has 0 radical (unpaired) electrons. The number of carbonyl (C=O) groups is 1. The van der Waals surface area contributed by atoms with Crippen LogP contribution in [0.25, 0.3) is 11.1 Å². The maximum atomic E-state index is 12.7. The van der Waals surface area contributed by atoms with Crippen molar-refractivity contribution in [1.29, 1.82) is 0 Å². The van der Waals surface area contributed by atoms with Gasteiger partial charge in [0.05, 0.1) is 11.3 Å². The van der Waals surface area contributed by atoms with Crippen molar-refractivity contribution >= 4 is 34.9 Å². The van der Waals surface area contributed by atoms with Crippen LogP contribution in [0, 0.1) is 0 Å². The van der Waals surface area contributed by atoms with Crippen molar-refractivity contribution in [2.45, 2.75) is 35.5 Å². The number of halogens is 3. The standard InChI is InChI=1S/C22H22F3N3O2S2/c1-21(2,19(29)30)32-20-27-17(13-31-20)10-11-28(3)18-9-6-15(12-26-18)14-4-7-16(8-5-14)22(23,24)25/h4-9,12-13H,10-11H2,1-3H3,(H,29,30). The van der Waals surface area contributed by atoms with Crippen molar-refractivity contribution < 1.29 is 23.1 Å². The Kier molecular flexibility index (Phi) is 7.14. The number of likely N-dealkylation sites (N-methyl/N-ethyl adjacent to an activating group) is 1. The van der Waals surface area contributed by atoms with Gasteiger partial charge in [-0.2, -0.15) is 13.2 Å². The number of thioether (sulfide) groups is 1. The molecule has 10 heteroatoms. The van der Waals surface area contributed by atoms with E-state index >= 15 is 0 Å². The SMILES string of the molecule is CN(CCc1csc(SC(C)(C)C(=O)O)n1)c1ccc(-c2ccc(C(F)(F)F)cc2)cn1. The van der Waals surface area contributed by atoms with Crippen LogP contribution in [-0.2, 0) is 17.4 Å². The Balaban J connectivity index is 1.58. The molecule has 170 valence electrons. The molecule has 0 saturated heterocycles. The van der Waals surface area contributed by atoms with Crippen molar-refractivity contribution in [1.82, 2.24) is 9.97 Å². The average Bonchev–Trinajstić information content (AvgIpc) is 3.18. The van der Waals surface area contributed by atoms with Crippen LogP contribution in [0.5, 0.6) is 0 Å². The van der Waals surface area contributed by atoms with Crippen molar-refractivity contribution in [2.24, 2.45) is 0 Å². The summed E-state index contributed by atoms with van der Waals surface area (Å²) in [5.41, 5.74) is 1.60. The van der Waals surface area contributed by atoms with E-state index in [0.717, 1.165) is 29.2 Å². The van der Waals surface area contributed by atoms with E-state index in [1.54, 1.807) is 20.0 Å². The number of carboxylic acid groups (broad SMARTS) is 1. The van der Waals surface area contributed by atoms with Crippen LogP contribution in [0.4, 0.5) is 19.0 Å². The molecule has 3 aromatic rings. The fourth-order valence-corrected chi connectivity index (χ4v) is 4.97. The molecule has 0 amide bonds. The molecule has 1 aromatic carbocycles. The third-order valence-corrected chi connectivity index (χ3v) is 6.95. The van der Waals surface area contributed by atoms with E-state index < -0.39 is 22.5 Å². The Bertz CT molecular complexity index is 1070. The summed E-state index contributed by atoms with van der Waals surface area (Å²) in [4.78, 5) is 22.2. The highest BCUT2D eigenvalue weighted by molar-refractivity contribution is 8.02. The highest BCUT2D eigenvalue weighted by Crippen LogP contribution is 2.35. The van der Waals surface area contributed by atoms with Gasteiger partial charge in [-0.05, 0) is 43.7 Å². The second-order valence-corrected chi connectivity index (χ2v) is 10.4. The van der Waals surface area contributed by atoms with Crippen LogP contribution in [-0.4, -0.2) is 39.4 Å². The zero-order valence-corrected chi connectivity index (χ0v) is 19.3. The lowest BCUT2D eigenvalue weighted by atomic mass is 10.1. The van der Waals surface area contributed by atoms with Crippen LogP contribution in [0.1, 0.15) is 25.1 Å². The van der Waals surface area contributed by atoms with E-state index in [9.17, 15) is 23.1 Å². The maximum absolute atomic E-state index is 12.7. The molecule has 0 fully saturated rings. The van der Waals surface area contributed by atoms with Crippen molar-refractivity contribution in [3.63, 3.8) is 0 Å². The van der Waals surface area contributed by atoms with Gasteiger partial charge >= 0.3 is 12.1 Å². The van der Waals surface area contributed by atoms with E-state index in [1.165, 1.54) is 35.2 Å². The van der Waals surface area contributed by atoms with Gasteiger partial charge in [0.25, 0.3) is 0 Å². The molecule has 2 aromatic heterocycles. The Hall–Kier alpha value is -2.59. The minimum atomic E-state index is -4.35. The lowest BCUT2D eigenvalue weighted by molar-refractivity contribution is -0.139. The zero-order valence-electron chi connectivity index (χ0n) is 17.7. The first-order valence-electron chi connectivity index (χ1n) is 9.67. The molecule has 32 heavy (non-hydrogen) atoms. The summed E-state index contributed by atoms with van der Waals surface area (Å²) in [5, 5.41) is 11.2. The second kappa shape index (κ2) is 9.50. The number of anilines is 1. The molecule has 3 rings (SSSR count). The van der Waals surface area contributed by atoms with Gasteiger partial charge in [-0.3, -0.25) is 4.79 Å². The summed E-state index contributed by atoms with van der Waals surface area (Å²) in [6.45, 7) is 3.95. The monoisotopic (exact) mass is 481 g/mol. The molecule has 0 saturated carbocycles. The van der Waals surface area contributed by atoms with Gasteiger partial charge in [-0.15, -0.1) is 11.3 Å². The number of pyridine rings is 1. The lowest BCUT2D eigenvalue weighted by Gasteiger charge is -2.18. The van der Waals surface area contributed by atoms with Crippen LogP contribution in [0.2, 0.25) is 0 Å². The largest absolute Gasteiger partial charge is 0.480 e. The van der Waals surface area contributed by atoms with Crippen molar-refractivity contribution in [3.05, 3.63) is 59.2 Å². The number of hydrogen-bond acceptors (Lipinski definition) is 6. The van der Waals surface area contributed by atoms with Crippen LogP contribution >= 0.6 is 23.1 Å². The third kappa shape index (κ3) is 6.01. The van der Waals surface area contributed by atoms with E-state index in [0.29, 0.717) is 22.9 Å². The first-order chi connectivity index (χ1) is 15.0. The van der Waals surface area contributed by atoms with Crippen LogP contribution in [0.3, 0.4) is 0 Å². The number of nitrogens with zero attached hydrogens (tertiary/aromatic N) is 3. The molecule has 0 bridgehead atoms. The number of aliphatic carboxylic acids is 1. The summed E-state index contributed by atoms with van der Waals surface area (Å²) in [6.07, 6.45) is -2.05. The molecule has 0 aliphatic rings. The molecule has 0 aliphatic carbocycles. The number of benzene rings is 1. The van der Waals surface area contributed by atoms with Crippen LogP contribution in [0.15, 0.2) is 52.3 Å². The minimum absolute atomic E-state index is 0.656. The summed E-state index contributed by atoms with van der Waals surface area (Å²) in [7, 11) is 1.90. The molecule has 0 unspecified atom stereocenters. The molecular formula is C22H22F3N3O2S2. The summed E-state index contributed by atoms with van der Waals surface area (Å²) in [5.74, 6) is -0.151. The predicted octanol–water partition coefficient (Wildman–Crippen LogP) is 5.86. The van der Waals surface area contributed by atoms with Gasteiger partial charge in [-0.1, -0.05) is 23.9 Å². The average molecular weight is 482 g/mol. The Morgan fingerprint density at radius 3 is 2.34 bits per heavy atom. The molecular weight excluding hydrogens is 459 g/mol. The summed E-state index contributed by atoms with van der Waals surface area (Å²) in [6, 6.07) is 8.65. The third-order valence-electron chi connectivity index (χ3n) is 4.78. The number of aromatic nitrogens is 2. The molecule has 5 nitrogen and oxygen atoms in total. The van der Waals surface area contributed by atoms with Gasteiger partial charge in [-0.25, -0.2) is 9.97 Å². The molecule has 0 aliphatic heterocycles. The normalized spacial score (nSPS) is 12.1. The highest BCUT2D eigenvalue weighted by Gasteiger charge is 2.30. The number of rotatable bonds is 8. The Morgan fingerprint density at radius 1 is 1.12 bits per heavy atom. The highest BCUT2D eigenvalue weighted by atomic mass is 32.2. The smallest absolute Gasteiger partial charge is 0.416 e. The number of carboxylic acids is 1. The Morgan fingerprint density at radius 2 is 1.78 bits per heavy atom. The van der Waals surface area contributed by atoms with Gasteiger partial charge < -0.3 is 10.0 Å². The first kappa shape index (κ1) is 24.1. The lowest BCUT2D eigenvalue weighted by Crippen LogP contribution is -2.26. The fourth-order valence-electron chi connectivity index (χ4n) is 2.74. The minimum Gasteiger partial charge on any atom is -0.480 e. The molecule has 0 spiro atoms. The van der Waals surface area contributed by atoms with Gasteiger partial charge in [0.1, 0.15) is 10.6 Å². The quantitative estimate of drug-likeness (QED) is 0.407. The van der Waals surface area contributed by atoms with Crippen LogP contribution < -0.4 is 4.90 Å². The fraction of sp³-hybridized carbons (Fsp3) is 0.318. The predicted molar refractivity (Wildman–Crippen MR) is 121 cm³/mol. The van der Waals surface area contributed by atoms with E-state index in [2.05, 4.69) is 9.97 Å². The second-order valence-electron chi connectivity index (χ2n) is 7.67. The summed E-state index contributed by atoms with van der Waals surface area (Å²) >= 11 is 2.65. The topological polar surface area (TPSA) is 66.3 Å². The summed E-state index contributed by atoms with van der Waals surface area (Å²) < 4.78 is 37.9. The van der Waals surface area contributed by atoms with E-state index in [1.807, 2.05) is 29.5 Å². The van der Waals surface area contributed by atoms with Gasteiger partial charge in [0, 0.05) is 37.2 Å². The van der Waals surface area contributed by atoms with E-state index in [-0.39, 0.29) is 0 Å². The molecule has 2 heterocycles.